The molecule has 0 atom stereocenters. The Bertz CT molecular complexity index is 805. The highest BCUT2D eigenvalue weighted by Gasteiger charge is 2.30. The van der Waals surface area contributed by atoms with E-state index in [2.05, 4.69) is 10.2 Å². The van der Waals surface area contributed by atoms with E-state index in [1.165, 1.54) is 16.5 Å². The van der Waals surface area contributed by atoms with Crippen LogP contribution in [0.1, 0.15) is 5.56 Å². The molecule has 1 aromatic carbocycles. The lowest BCUT2D eigenvalue weighted by atomic mass is 10.1. The summed E-state index contributed by atoms with van der Waals surface area (Å²) < 4.78 is 52.2. The first kappa shape index (κ1) is 13.3. The summed E-state index contributed by atoms with van der Waals surface area (Å²) in [4.78, 5) is 0. The summed E-state index contributed by atoms with van der Waals surface area (Å²) in [6.45, 7) is 0. The van der Waals surface area contributed by atoms with Crippen molar-refractivity contribution >= 4 is 11.3 Å². The van der Waals surface area contributed by atoms with Crippen molar-refractivity contribution in [3.05, 3.63) is 47.9 Å². The number of rotatable bonds is 1. The SMILES string of the molecule is Nc1cc(F)cn2c(-c3ccc(C(F)(F)F)cc3)nnc12. The van der Waals surface area contributed by atoms with Crippen LogP contribution in [0.3, 0.4) is 0 Å². The number of halogens is 4. The summed E-state index contributed by atoms with van der Waals surface area (Å²) in [6, 6.07) is 5.46. The third kappa shape index (κ3) is 2.28. The highest BCUT2D eigenvalue weighted by atomic mass is 19.4. The Morgan fingerprint density at radius 1 is 1.05 bits per heavy atom. The average molecular weight is 296 g/mol. The number of nitrogen functional groups attached to an aromatic ring is 1. The van der Waals surface area contributed by atoms with Crippen LogP contribution < -0.4 is 5.73 Å². The zero-order valence-corrected chi connectivity index (χ0v) is 10.4. The third-order valence-corrected chi connectivity index (χ3v) is 2.97. The van der Waals surface area contributed by atoms with Gasteiger partial charge in [0.15, 0.2) is 11.5 Å². The first-order chi connectivity index (χ1) is 9.86. The molecule has 3 rings (SSSR count). The second-order valence-corrected chi connectivity index (χ2v) is 4.41. The van der Waals surface area contributed by atoms with Gasteiger partial charge in [0, 0.05) is 17.8 Å². The van der Waals surface area contributed by atoms with Crippen LogP contribution in [0, 0.1) is 5.82 Å². The van der Waals surface area contributed by atoms with Gasteiger partial charge in [-0.25, -0.2) is 4.39 Å². The molecule has 0 amide bonds. The minimum absolute atomic E-state index is 0.0978. The van der Waals surface area contributed by atoms with Gasteiger partial charge in [-0.05, 0) is 12.1 Å². The Hall–Kier alpha value is -2.64. The molecule has 108 valence electrons. The van der Waals surface area contributed by atoms with E-state index in [1.807, 2.05) is 0 Å². The summed E-state index contributed by atoms with van der Waals surface area (Å²) in [5.41, 5.74) is 5.56. The average Bonchev–Trinajstić information content (AvgIpc) is 2.82. The van der Waals surface area contributed by atoms with Gasteiger partial charge in [-0.15, -0.1) is 10.2 Å². The maximum atomic E-state index is 13.4. The van der Waals surface area contributed by atoms with Crippen LogP contribution in [0.25, 0.3) is 17.0 Å². The molecule has 0 bridgehead atoms. The highest BCUT2D eigenvalue weighted by Crippen LogP contribution is 2.31. The lowest BCUT2D eigenvalue weighted by molar-refractivity contribution is -0.137. The maximum absolute atomic E-state index is 13.4. The summed E-state index contributed by atoms with van der Waals surface area (Å²) in [7, 11) is 0. The molecule has 0 unspecified atom stereocenters. The Kier molecular flexibility index (Phi) is 2.82. The first-order valence-corrected chi connectivity index (χ1v) is 5.83. The zero-order chi connectivity index (χ0) is 15.2. The second kappa shape index (κ2) is 4.44. The van der Waals surface area contributed by atoms with E-state index in [-0.39, 0.29) is 17.2 Å². The first-order valence-electron chi connectivity index (χ1n) is 5.83. The molecule has 2 N–H and O–H groups in total. The smallest absolute Gasteiger partial charge is 0.396 e. The van der Waals surface area contributed by atoms with E-state index in [0.717, 1.165) is 24.4 Å². The molecule has 0 saturated heterocycles. The summed E-state index contributed by atoms with van der Waals surface area (Å²) in [6.07, 6.45) is -3.29. The van der Waals surface area contributed by atoms with Crippen molar-refractivity contribution < 1.29 is 17.6 Å². The number of anilines is 1. The number of hydrogen-bond donors (Lipinski definition) is 1. The van der Waals surface area contributed by atoms with Crippen molar-refractivity contribution in [3.8, 4) is 11.4 Å². The van der Waals surface area contributed by atoms with Crippen molar-refractivity contribution in [2.75, 3.05) is 5.73 Å². The molecule has 4 nitrogen and oxygen atoms in total. The Balaban J connectivity index is 2.13. The van der Waals surface area contributed by atoms with Crippen LogP contribution in [0.2, 0.25) is 0 Å². The molecular formula is C13H8F4N4. The molecular weight excluding hydrogens is 288 g/mol. The number of aromatic nitrogens is 3. The van der Waals surface area contributed by atoms with Crippen LogP contribution in [0.5, 0.6) is 0 Å². The number of alkyl halides is 3. The Labute approximate surface area is 115 Å². The molecule has 8 heteroatoms. The lowest BCUT2D eigenvalue weighted by Gasteiger charge is -2.07. The lowest BCUT2D eigenvalue weighted by Crippen LogP contribution is -2.04. The van der Waals surface area contributed by atoms with Gasteiger partial charge < -0.3 is 5.73 Å². The van der Waals surface area contributed by atoms with Gasteiger partial charge in [0.25, 0.3) is 0 Å². The van der Waals surface area contributed by atoms with Gasteiger partial charge in [-0.3, -0.25) is 4.40 Å². The topological polar surface area (TPSA) is 56.2 Å². The van der Waals surface area contributed by atoms with Crippen molar-refractivity contribution in [1.29, 1.82) is 0 Å². The Morgan fingerprint density at radius 3 is 2.33 bits per heavy atom. The van der Waals surface area contributed by atoms with Crippen LogP contribution in [-0.4, -0.2) is 14.6 Å². The van der Waals surface area contributed by atoms with Crippen molar-refractivity contribution in [1.82, 2.24) is 14.6 Å². The normalized spacial score (nSPS) is 12.0. The van der Waals surface area contributed by atoms with Gasteiger partial charge >= 0.3 is 6.18 Å². The quantitative estimate of drug-likeness (QED) is 0.702. The van der Waals surface area contributed by atoms with Crippen LogP contribution >= 0.6 is 0 Å². The van der Waals surface area contributed by atoms with Crippen molar-refractivity contribution in [3.63, 3.8) is 0 Å². The number of nitrogens with zero attached hydrogens (tertiary/aromatic N) is 3. The molecule has 3 aromatic rings. The van der Waals surface area contributed by atoms with Crippen molar-refractivity contribution in [2.24, 2.45) is 0 Å². The van der Waals surface area contributed by atoms with Crippen molar-refractivity contribution in [2.45, 2.75) is 6.18 Å². The number of benzene rings is 1. The third-order valence-electron chi connectivity index (χ3n) is 2.97. The minimum Gasteiger partial charge on any atom is -0.396 e. The van der Waals surface area contributed by atoms with E-state index < -0.39 is 17.6 Å². The number of fused-ring (bicyclic) bond motifs is 1. The van der Waals surface area contributed by atoms with E-state index in [9.17, 15) is 17.6 Å². The van der Waals surface area contributed by atoms with Gasteiger partial charge in [-0.1, -0.05) is 12.1 Å². The second-order valence-electron chi connectivity index (χ2n) is 4.41. The van der Waals surface area contributed by atoms with E-state index >= 15 is 0 Å². The van der Waals surface area contributed by atoms with E-state index in [4.69, 9.17) is 5.73 Å². The summed E-state index contributed by atoms with van der Waals surface area (Å²) >= 11 is 0. The fourth-order valence-corrected chi connectivity index (χ4v) is 1.99. The zero-order valence-electron chi connectivity index (χ0n) is 10.4. The number of hydrogen-bond acceptors (Lipinski definition) is 3. The Morgan fingerprint density at radius 2 is 1.71 bits per heavy atom. The molecule has 0 radical (unpaired) electrons. The fourth-order valence-electron chi connectivity index (χ4n) is 1.99. The largest absolute Gasteiger partial charge is 0.416 e. The standard InChI is InChI=1S/C13H8F4N4/c14-9-5-10(18)12-20-19-11(21(12)6-9)7-1-3-8(4-2-7)13(15,16)17/h1-6H,18H2. The molecule has 0 aliphatic heterocycles. The molecule has 2 aromatic heterocycles. The van der Waals surface area contributed by atoms with Gasteiger partial charge in [0.1, 0.15) is 5.82 Å². The predicted molar refractivity (Wildman–Crippen MR) is 67.8 cm³/mol. The summed E-state index contributed by atoms with van der Waals surface area (Å²) in [5.74, 6) is -0.377. The molecule has 0 aliphatic carbocycles. The van der Waals surface area contributed by atoms with Crippen LogP contribution in [0.15, 0.2) is 36.5 Å². The molecule has 0 spiro atoms. The van der Waals surface area contributed by atoms with Crippen LogP contribution in [0.4, 0.5) is 23.2 Å². The molecule has 0 fully saturated rings. The highest BCUT2D eigenvalue weighted by molar-refractivity contribution is 5.69. The van der Waals surface area contributed by atoms with Gasteiger partial charge in [0.05, 0.1) is 11.3 Å². The monoisotopic (exact) mass is 296 g/mol. The minimum atomic E-state index is -4.41. The number of pyridine rings is 1. The van der Waals surface area contributed by atoms with Gasteiger partial charge in [-0.2, -0.15) is 13.2 Å². The molecule has 0 aliphatic rings. The fraction of sp³-hybridized carbons (Fsp3) is 0.0769. The van der Waals surface area contributed by atoms with E-state index in [1.54, 1.807) is 0 Å². The summed E-state index contributed by atoms with van der Waals surface area (Å²) in [5, 5.41) is 7.65. The predicted octanol–water partition coefficient (Wildman–Crippen LogP) is 3.14. The van der Waals surface area contributed by atoms with E-state index in [0.29, 0.717) is 5.56 Å². The van der Waals surface area contributed by atoms with Gasteiger partial charge in [0.2, 0.25) is 0 Å². The molecule has 2 heterocycles. The van der Waals surface area contributed by atoms with Crippen LogP contribution in [-0.2, 0) is 6.18 Å². The number of nitrogens with two attached hydrogens (primary N) is 1. The molecule has 0 saturated carbocycles. The molecule has 21 heavy (non-hydrogen) atoms. The maximum Gasteiger partial charge on any atom is 0.416 e.